The number of hydrogen-bond donors (Lipinski definition) is 1. The second-order valence-electron chi connectivity index (χ2n) is 4.33. The third-order valence-corrected chi connectivity index (χ3v) is 6.21. The zero-order valence-electron chi connectivity index (χ0n) is 10.4. The van der Waals surface area contributed by atoms with Gasteiger partial charge in [0.1, 0.15) is 11.9 Å². The molecule has 96 valence electrons. The zero-order chi connectivity index (χ0) is 12.3. The highest BCUT2D eigenvalue weighted by molar-refractivity contribution is 8.07. The van der Waals surface area contributed by atoms with Crippen LogP contribution in [-0.4, -0.2) is 36.7 Å². The molecule has 2 heterocycles. The lowest BCUT2D eigenvalue weighted by Crippen LogP contribution is -2.31. The van der Waals surface area contributed by atoms with Gasteiger partial charge in [-0.15, -0.1) is 0 Å². The van der Waals surface area contributed by atoms with E-state index in [9.17, 15) is 5.11 Å². The average molecular weight is 272 g/mol. The van der Waals surface area contributed by atoms with Crippen molar-refractivity contribution in [1.29, 1.82) is 0 Å². The number of aryl methyl sites for hydroxylation is 1. The highest BCUT2D eigenvalue weighted by Gasteiger charge is 2.32. The fourth-order valence-electron chi connectivity index (χ4n) is 2.16. The molecule has 0 spiro atoms. The molecule has 0 amide bonds. The van der Waals surface area contributed by atoms with Crippen molar-refractivity contribution in [2.45, 2.75) is 43.4 Å². The average Bonchev–Trinajstić information content (AvgIpc) is 2.78. The Balaban J connectivity index is 2.11. The lowest BCUT2D eigenvalue weighted by atomic mass is 10.2. The molecule has 1 aliphatic rings. The van der Waals surface area contributed by atoms with Crippen LogP contribution in [0.3, 0.4) is 0 Å². The SMILES string of the molecule is CCCn1ccnc1C(O)C1SCCSC1C. The first kappa shape index (κ1) is 13.3. The molecule has 0 aliphatic carbocycles. The summed E-state index contributed by atoms with van der Waals surface area (Å²) >= 11 is 3.83. The Kier molecular flexibility index (Phi) is 4.82. The lowest BCUT2D eigenvalue weighted by Gasteiger charge is -2.31. The summed E-state index contributed by atoms with van der Waals surface area (Å²) in [6.07, 6.45) is 4.38. The Hall–Kier alpha value is -0.130. The molecule has 1 aromatic heterocycles. The molecule has 0 saturated carbocycles. The smallest absolute Gasteiger partial charge is 0.138 e. The molecule has 1 N–H and O–H groups in total. The van der Waals surface area contributed by atoms with Gasteiger partial charge in [-0.25, -0.2) is 4.98 Å². The predicted octanol–water partition coefficient (Wildman–Crippen LogP) is 2.56. The van der Waals surface area contributed by atoms with Gasteiger partial charge in [0.15, 0.2) is 0 Å². The maximum Gasteiger partial charge on any atom is 0.138 e. The molecular formula is C12H20N2OS2. The van der Waals surface area contributed by atoms with E-state index in [0.29, 0.717) is 5.25 Å². The van der Waals surface area contributed by atoms with Gasteiger partial charge in [0.2, 0.25) is 0 Å². The van der Waals surface area contributed by atoms with Crippen LogP contribution in [0.2, 0.25) is 0 Å². The monoisotopic (exact) mass is 272 g/mol. The minimum atomic E-state index is -0.440. The molecule has 1 aromatic rings. The van der Waals surface area contributed by atoms with Crippen LogP contribution in [0.4, 0.5) is 0 Å². The van der Waals surface area contributed by atoms with Crippen molar-refractivity contribution in [3.05, 3.63) is 18.2 Å². The van der Waals surface area contributed by atoms with E-state index < -0.39 is 6.10 Å². The molecule has 1 saturated heterocycles. The first-order valence-corrected chi connectivity index (χ1v) is 8.26. The number of nitrogens with zero attached hydrogens (tertiary/aromatic N) is 2. The van der Waals surface area contributed by atoms with Crippen LogP contribution in [0.1, 0.15) is 32.2 Å². The number of aromatic nitrogens is 2. The van der Waals surface area contributed by atoms with Crippen molar-refractivity contribution >= 4 is 23.5 Å². The van der Waals surface area contributed by atoms with Crippen molar-refractivity contribution in [2.75, 3.05) is 11.5 Å². The molecule has 1 fully saturated rings. The second kappa shape index (κ2) is 6.16. The Morgan fingerprint density at radius 2 is 2.29 bits per heavy atom. The molecule has 3 nitrogen and oxygen atoms in total. The standard InChI is InChI=1S/C12H20N2OS2/c1-3-5-14-6-4-13-12(14)10(15)11-9(2)16-7-8-17-11/h4,6,9-11,15H,3,5,7-8H2,1-2H3. The van der Waals surface area contributed by atoms with Gasteiger partial charge in [0.05, 0.1) is 0 Å². The fourth-order valence-corrected chi connectivity index (χ4v) is 4.96. The summed E-state index contributed by atoms with van der Waals surface area (Å²) in [4.78, 5) is 4.33. The molecular weight excluding hydrogens is 252 g/mol. The number of aliphatic hydroxyl groups is 1. The van der Waals surface area contributed by atoms with E-state index in [-0.39, 0.29) is 5.25 Å². The van der Waals surface area contributed by atoms with E-state index >= 15 is 0 Å². The van der Waals surface area contributed by atoms with Gasteiger partial charge >= 0.3 is 0 Å². The fraction of sp³-hybridized carbons (Fsp3) is 0.750. The Labute approximate surface area is 111 Å². The van der Waals surface area contributed by atoms with Gasteiger partial charge in [0.25, 0.3) is 0 Å². The van der Waals surface area contributed by atoms with Crippen LogP contribution in [0, 0.1) is 0 Å². The third kappa shape index (κ3) is 3.01. The van der Waals surface area contributed by atoms with E-state index in [1.165, 1.54) is 5.75 Å². The predicted molar refractivity (Wildman–Crippen MR) is 75.6 cm³/mol. The number of hydrogen-bond acceptors (Lipinski definition) is 4. The van der Waals surface area contributed by atoms with Gasteiger partial charge in [-0.05, 0) is 6.42 Å². The Bertz CT molecular complexity index is 356. The number of imidazole rings is 1. The summed E-state index contributed by atoms with van der Waals surface area (Å²) in [6.45, 7) is 5.28. The molecule has 5 heteroatoms. The van der Waals surface area contributed by atoms with Gasteiger partial charge < -0.3 is 9.67 Å². The van der Waals surface area contributed by atoms with Crippen molar-refractivity contribution in [1.82, 2.24) is 9.55 Å². The summed E-state index contributed by atoms with van der Waals surface area (Å²) < 4.78 is 2.08. The number of aliphatic hydroxyl groups excluding tert-OH is 1. The van der Waals surface area contributed by atoms with E-state index in [1.807, 2.05) is 29.7 Å². The van der Waals surface area contributed by atoms with Crippen LogP contribution >= 0.6 is 23.5 Å². The van der Waals surface area contributed by atoms with E-state index in [0.717, 1.165) is 24.5 Å². The third-order valence-electron chi connectivity index (χ3n) is 3.02. The summed E-state index contributed by atoms with van der Waals surface area (Å²) in [5.74, 6) is 3.16. The zero-order valence-corrected chi connectivity index (χ0v) is 12.0. The van der Waals surface area contributed by atoms with E-state index in [4.69, 9.17) is 0 Å². The summed E-state index contributed by atoms with van der Waals surface area (Å²) in [7, 11) is 0. The van der Waals surface area contributed by atoms with Gasteiger partial charge in [-0.3, -0.25) is 0 Å². The highest BCUT2D eigenvalue weighted by Crippen LogP contribution is 2.38. The van der Waals surface area contributed by atoms with E-state index in [2.05, 4.69) is 23.4 Å². The number of rotatable bonds is 4. The molecule has 17 heavy (non-hydrogen) atoms. The molecule has 1 aliphatic heterocycles. The molecule has 3 atom stereocenters. The van der Waals surface area contributed by atoms with Crippen LogP contribution in [0.5, 0.6) is 0 Å². The van der Waals surface area contributed by atoms with Crippen molar-refractivity contribution in [3.63, 3.8) is 0 Å². The number of thioether (sulfide) groups is 2. The molecule has 0 aromatic carbocycles. The molecule has 0 bridgehead atoms. The van der Waals surface area contributed by atoms with Crippen molar-refractivity contribution < 1.29 is 5.11 Å². The maximum atomic E-state index is 10.5. The van der Waals surface area contributed by atoms with Crippen LogP contribution < -0.4 is 0 Å². The lowest BCUT2D eigenvalue weighted by molar-refractivity contribution is 0.159. The first-order chi connectivity index (χ1) is 8.24. The first-order valence-electron chi connectivity index (χ1n) is 6.16. The minimum Gasteiger partial charge on any atom is -0.384 e. The summed E-state index contributed by atoms with van der Waals surface area (Å²) in [5, 5.41) is 11.3. The minimum absolute atomic E-state index is 0.270. The quantitative estimate of drug-likeness (QED) is 0.914. The van der Waals surface area contributed by atoms with Crippen LogP contribution in [-0.2, 0) is 6.54 Å². The molecule has 3 unspecified atom stereocenters. The van der Waals surface area contributed by atoms with Gasteiger partial charge in [-0.2, -0.15) is 23.5 Å². The van der Waals surface area contributed by atoms with Gasteiger partial charge in [-0.1, -0.05) is 13.8 Å². The maximum absolute atomic E-state index is 10.5. The second-order valence-corrected chi connectivity index (χ2v) is 7.11. The van der Waals surface area contributed by atoms with Crippen LogP contribution in [0.25, 0.3) is 0 Å². The molecule has 2 rings (SSSR count). The van der Waals surface area contributed by atoms with Crippen LogP contribution in [0.15, 0.2) is 12.4 Å². The Morgan fingerprint density at radius 1 is 1.53 bits per heavy atom. The summed E-state index contributed by atoms with van der Waals surface area (Å²) in [5.41, 5.74) is 0. The summed E-state index contributed by atoms with van der Waals surface area (Å²) in [6, 6.07) is 0. The normalized spacial score (nSPS) is 27.0. The van der Waals surface area contributed by atoms with E-state index in [1.54, 1.807) is 6.20 Å². The highest BCUT2D eigenvalue weighted by atomic mass is 32.2. The largest absolute Gasteiger partial charge is 0.384 e. The Morgan fingerprint density at radius 3 is 3.00 bits per heavy atom. The molecule has 0 radical (unpaired) electrons. The van der Waals surface area contributed by atoms with Crippen molar-refractivity contribution in [2.24, 2.45) is 0 Å². The van der Waals surface area contributed by atoms with Gasteiger partial charge in [0, 0.05) is 40.9 Å². The topological polar surface area (TPSA) is 38.0 Å². The van der Waals surface area contributed by atoms with Crippen molar-refractivity contribution in [3.8, 4) is 0 Å².